The van der Waals surface area contributed by atoms with Crippen molar-refractivity contribution in [3.05, 3.63) is 94.6 Å². The van der Waals surface area contributed by atoms with E-state index < -0.39 is 17.7 Å². The Hall–Kier alpha value is -4.06. The Morgan fingerprint density at radius 1 is 0.971 bits per heavy atom. The van der Waals surface area contributed by atoms with Crippen LogP contribution in [0.2, 0.25) is 0 Å². The zero-order valence-corrected chi connectivity index (χ0v) is 19.4. The number of ketones is 1. The van der Waals surface area contributed by atoms with Gasteiger partial charge in [-0.3, -0.25) is 14.5 Å². The highest BCUT2D eigenvalue weighted by atomic mass is 16.5. The zero-order chi connectivity index (χ0) is 24.4. The summed E-state index contributed by atoms with van der Waals surface area (Å²) in [6.07, 6.45) is 0.831. The van der Waals surface area contributed by atoms with E-state index in [1.165, 1.54) is 17.0 Å². The van der Waals surface area contributed by atoms with E-state index in [1.54, 1.807) is 36.4 Å². The van der Waals surface area contributed by atoms with Crippen LogP contribution in [0.5, 0.6) is 11.5 Å². The molecule has 3 aromatic rings. The van der Waals surface area contributed by atoms with Crippen LogP contribution < -0.4 is 9.64 Å². The number of anilines is 1. The number of Topliss-reactive ketones (excluding diaryl/α,β-unsaturated/α-hetero) is 1. The van der Waals surface area contributed by atoms with E-state index in [0.717, 1.165) is 17.5 Å². The number of hydrogen-bond donors (Lipinski definition) is 2. The predicted molar refractivity (Wildman–Crippen MR) is 131 cm³/mol. The molecule has 1 amide bonds. The van der Waals surface area contributed by atoms with E-state index in [0.29, 0.717) is 29.2 Å². The van der Waals surface area contributed by atoms with Crippen LogP contribution in [0.25, 0.3) is 5.76 Å². The number of aromatic hydroxyl groups is 1. The third-order valence-corrected chi connectivity index (χ3v) is 5.72. The van der Waals surface area contributed by atoms with Gasteiger partial charge in [0.05, 0.1) is 18.2 Å². The minimum atomic E-state index is -0.859. The second kappa shape index (κ2) is 9.43. The minimum Gasteiger partial charge on any atom is -0.508 e. The van der Waals surface area contributed by atoms with Crippen molar-refractivity contribution in [1.82, 2.24) is 0 Å². The summed E-state index contributed by atoms with van der Waals surface area (Å²) in [5, 5.41) is 21.1. The molecule has 3 aromatic carbocycles. The molecule has 1 fully saturated rings. The molecule has 0 spiro atoms. The Kier molecular flexibility index (Phi) is 6.41. The van der Waals surface area contributed by atoms with Gasteiger partial charge in [-0.1, -0.05) is 37.3 Å². The highest BCUT2D eigenvalue weighted by Crippen LogP contribution is 2.43. The zero-order valence-electron chi connectivity index (χ0n) is 19.4. The monoisotopic (exact) mass is 457 g/mol. The number of amides is 1. The molecule has 0 aliphatic carbocycles. The maximum atomic E-state index is 13.3. The molecular formula is C28H27NO5. The fourth-order valence-electron chi connectivity index (χ4n) is 4.27. The Balaban J connectivity index is 1.91. The number of phenolic OH excluding ortho intramolecular Hbond substituents is 1. The van der Waals surface area contributed by atoms with Crippen LogP contribution in [0.4, 0.5) is 5.69 Å². The van der Waals surface area contributed by atoms with Gasteiger partial charge in [0.15, 0.2) is 0 Å². The lowest BCUT2D eigenvalue weighted by Gasteiger charge is -2.26. The van der Waals surface area contributed by atoms with Crippen molar-refractivity contribution in [2.24, 2.45) is 0 Å². The molecule has 1 heterocycles. The van der Waals surface area contributed by atoms with Crippen LogP contribution in [-0.2, 0) is 9.59 Å². The summed E-state index contributed by atoms with van der Waals surface area (Å²) in [6.45, 7) is 6.36. The van der Waals surface area contributed by atoms with Crippen molar-refractivity contribution in [2.45, 2.75) is 33.2 Å². The average molecular weight is 458 g/mol. The molecule has 1 unspecified atom stereocenters. The third kappa shape index (κ3) is 4.39. The molecule has 1 aliphatic heterocycles. The normalized spacial score (nSPS) is 17.3. The van der Waals surface area contributed by atoms with E-state index in [2.05, 4.69) is 0 Å². The van der Waals surface area contributed by atoms with Gasteiger partial charge in [0.2, 0.25) is 0 Å². The predicted octanol–water partition coefficient (Wildman–Crippen LogP) is 5.42. The molecule has 4 rings (SSSR count). The van der Waals surface area contributed by atoms with Crippen molar-refractivity contribution >= 4 is 23.1 Å². The smallest absolute Gasteiger partial charge is 0.300 e. The summed E-state index contributed by atoms with van der Waals surface area (Å²) in [4.78, 5) is 28.0. The van der Waals surface area contributed by atoms with Crippen molar-refractivity contribution < 1.29 is 24.5 Å². The van der Waals surface area contributed by atoms with E-state index >= 15 is 0 Å². The van der Waals surface area contributed by atoms with Crippen LogP contribution in [-0.4, -0.2) is 28.5 Å². The van der Waals surface area contributed by atoms with E-state index in [-0.39, 0.29) is 17.1 Å². The SMILES string of the molecule is CCCOc1cccc(/C(O)=C2\C(=O)C(=O)N(c3cc(C)cc(C)c3)C2c2ccc(O)cc2)c1. The van der Waals surface area contributed by atoms with Gasteiger partial charge < -0.3 is 14.9 Å². The number of ether oxygens (including phenoxy) is 1. The first kappa shape index (κ1) is 23.1. The highest BCUT2D eigenvalue weighted by molar-refractivity contribution is 6.51. The van der Waals surface area contributed by atoms with E-state index in [9.17, 15) is 19.8 Å². The number of carbonyl (C=O) groups is 2. The summed E-state index contributed by atoms with van der Waals surface area (Å²) in [5.41, 5.74) is 3.43. The fraction of sp³-hybridized carbons (Fsp3) is 0.214. The van der Waals surface area contributed by atoms with Gasteiger partial charge >= 0.3 is 0 Å². The summed E-state index contributed by atoms with van der Waals surface area (Å²) in [5.74, 6) is -1.13. The number of carbonyl (C=O) groups excluding carboxylic acids is 2. The average Bonchev–Trinajstić information content (AvgIpc) is 3.07. The van der Waals surface area contributed by atoms with E-state index in [4.69, 9.17) is 4.74 Å². The number of hydrogen-bond acceptors (Lipinski definition) is 5. The van der Waals surface area contributed by atoms with Gasteiger partial charge in [0.25, 0.3) is 11.7 Å². The van der Waals surface area contributed by atoms with Crippen LogP contribution in [0.1, 0.15) is 41.6 Å². The molecule has 1 atom stereocenters. The second-order valence-electron chi connectivity index (χ2n) is 8.48. The molecule has 174 valence electrons. The number of aliphatic hydroxyl groups excluding tert-OH is 1. The summed E-state index contributed by atoms with van der Waals surface area (Å²) >= 11 is 0. The number of rotatable bonds is 6. The van der Waals surface area contributed by atoms with Crippen LogP contribution in [0.15, 0.2) is 72.3 Å². The van der Waals surface area contributed by atoms with Gasteiger partial charge in [-0.15, -0.1) is 0 Å². The van der Waals surface area contributed by atoms with Gasteiger partial charge in [0, 0.05) is 11.3 Å². The maximum Gasteiger partial charge on any atom is 0.300 e. The quantitative estimate of drug-likeness (QED) is 0.293. The van der Waals surface area contributed by atoms with Gasteiger partial charge in [0.1, 0.15) is 17.3 Å². The molecule has 0 aromatic heterocycles. The lowest BCUT2D eigenvalue weighted by atomic mass is 9.95. The van der Waals surface area contributed by atoms with Crippen LogP contribution in [0, 0.1) is 13.8 Å². The van der Waals surface area contributed by atoms with Crippen molar-refractivity contribution in [2.75, 3.05) is 11.5 Å². The molecule has 6 heteroatoms. The summed E-state index contributed by atoms with van der Waals surface area (Å²) in [7, 11) is 0. The number of aryl methyl sites for hydroxylation is 2. The second-order valence-corrected chi connectivity index (χ2v) is 8.48. The molecule has 0 radical (unpaired) electrons. The van der Waals surface area contributed by atoms with E-state index in [1.807, 2.05) is 39.0 Å². The summed E-state index contributed by atoms with van der Waals surface area (Å²) < 4.78 is 5.67. The molecule has 6 nitrogen and oxygen atoms in total. The van der Waals surface area contributed by atoms with Gasteiger partial charge in [-0.05, 0) is 73.4 Å². The Morgan fingerprint density at radius 2 is 1.65 bits per heavy atom. The lowest BCUT2D eigenvalue weighted by Crippen LogP contribution is -2.29. The molecule has 0 saturated carbocycles. The molecular weight excluding hydrogens is 430 g/mol. The Morgan fingerprint density at radius 3 is 2.29 bits per heavy atom. The standard InChI is InChI=1S/C28H27NO5/c1-4-12-34-23-7-5-6-20(16-23)26(31)24-25(19-8-10-22(30)11-9-19)29(28(33)27(24)32)21-14-17(2)13-18(3)15-21/h5-11,13-16,25,30-31H,4,12H2,1-3H3/b26-24+. The Labute approximate surface area is 198 Å². The largest absolute Gasteiger partial charge is 0.508 e. The molecule has 0 bridgehead atoms. The third-order valence-electron chi connectivity index (χ3n) is 5.72. The van der Waals surface area contributed by atoms with Crippen LogP contribution >= 0.6 is 0 Å². The first-order valence-electron chi connectivity index (χ1n) is 11.2. The first-order valence-corrected chi connectivity index (χ1v) is 11.2. The molecule has 1 aliphatic rings. The molecule has 2 N–H and O–H groups in total. The fourth-order valence-corrected chi connectivity index (χ4v) is 4.27. The van der Waals surface area contributed by atoms with Gasteiger partial charge in [-0.2, -0.15) is 0 Å². The summed E-state index contributed by atoms with van der Waals surface area (Å²) in [6, 6.07) is 17.9. The maximum absolute atomic E-state index is 13.3. The topological polar surface area (TPSA) is 87.1 Å². The molecule has 1 saturated heterocycles. The molecule has 34 heavy (non-hydrogen) atoms. The highest BCUT2D eigenvalue weighted by Gasteiger charge is 2.47. The first-order chi connectivity index (χ1) is 16.3. The van der Waals surface area contributed by atoms with Gasteiger partial charge in [-0.25, -0.2) is 0 Å². The lowest BCUT2D eigenvalue weighted by molar-refractivity contribution is -0.132. The Bertz CT molecular complexity index is 1260. The van der Waals surface area contributed by atoms with Crippen molar-refractivity contribution in [3.63, 3.8) is 0 Å². The number of nitrogens with zero attached hydrogens (tertiary/aromatic N) is 1. The number of benzene rings is 3. The number of phenols is 1. The number of aliphatic hydroxyl groups is 1. The van der Waals surface area contributed by atoms with Crippen molar-refractivity contribution in [3.8, 4) is 11.5 Å². The van der Waals surface area contributed by atoms with Crippen molar-refractivity contribution in [1.29, 1.82) is 0 Å². The minimum absolute atomic E-state index is 0.0116. The van der Waals surface area contributed by atoms with Crippen LogP contribution in [0.3, 0.4) is 0 Å².